The first-order valence-electron chi connectivity index (χ1n) is 10.1. The Bertz CT molecular complexity index is 1510. The molecule has 0 unspecified atom stereocenters. The molecule has 0 aliphatic rings. The summed E-state index contributed by atoms with van der Waals surface area (Å²) >= 11 is 28.3. The molecule has 0 saturated carbocycles. The van der Waals surface area contributed by atoms with E-state index in [0.717, 1.165) is 10.6 Å². The maximum atomic E-state index is 12.9. The smallest absolute Gasteiger partial charge is 0.338 e. The number of halogens is 4. The maximum Gasteiger partial charge on any atom is 0.338 e. The van der Waals surface area contributed by atoms with Crippen LogP contribution >= 0.6 is 80.8 Å². The average Bonchev–Trinajstić information content (AvgIpc) is 3.56. The molecule has 3 N–H and O–H groups in total. The SMILES string of the molecule is O=C(CSc1cccc(NC(=O)c2c(Cl)c(Cl)c(Cl)c(Cl)c2C(=O)O)c1)Nc1nc(-c2cccs2)cs1. The third-order valence-electron chi connectivity index (χ3n) is 4.69. The van der Waals surface area contributed by atoms with Gasteiger partial charge in [0.2, 0.25) is 5.91 Å². The van der Waals surface area contributed by atoms with Crippen LogP contribution in [0.25, 0.3) is 10.6 Å². The minimum atomic E-state index is -1.49. The van der Waals surface area contributed by atoms with Gasteiger partial charge in [0.1, 0.15) is 0 Å². The Morgan fingerprint density at radius 1 is 0.919 bits per heavy atom. The molecule has 2 amide bonds. The van der Waals surface area contributed by atoms with E-state index in [1.54, 1.807) is 35.6 Å². The van der Waals surface area contributed by atoms with Gasteiger partial charge in [-0.2, -0.15) is 0 Å². The molecule has 2 aromatic heterocycles. The standard InChI is InChI=1S/C23H13Cl4N3O4S3/c24-17-15(16(22(33)34)18(25)20(27)19(17)26)21(32)28-10-3-1-4-11(7-10)36-9-14(31)30-23-29-12(8-37-23)13-5-2-6-35-13/h1-8H,9H2,(H,28,32)(H,33,34)(H,29,30,31). The Morgan fingerprint density at radius 2 is 1.65 bits per heavy atom. The largest absolute Gasteiger partial charge is 0.478 e. The molecule has 0 saturated heterocycles. The van der Waals surface area contributed by atoms with E-state index in [2.05, 4.69) is 15.6 Å². The Morgan fingerprint density at radius 3 is 2.32 bits per heavy atom. The highest BCUT2D eigenvalue weighted by molar-refractivity contribution is 8.00. The summed E-state index contributed by atoms with van der Waals surface area (Å²) in [5.41, 5.74) is 0.160. The van der Waals surface area contributed by atoms with Gasteiger partial charge in [0.25, 0.3) is 5.91 Å². The number of nitrogens with one attached hydrogen (secondary N) is 2. The van der Waals surface area contributed by atoms with E-state index in [9.17, 15) is 19.5 Å². The molecule has 0 atom stereocenters. The van der Waals surface area contributed by atoms with Gasteiger partial charge >= 0.3 is 5.97 Å². The van der Waals surface area contributed by atoms with Crippen LogP contribution < -0.4 is 10.6 Å². The number of benzene rings is 2. The van der Waals surface area contributed by atoms with Crippen LogP contribution in [-0.4, -0.2) is 33.6 Å². The van der Waals surface area contributed by atoms with Crippen LogP contribution in [0.4, 0.5) is 10.8 Å². The molecular formula is C23H13Cl4N3O4S3. The van der Waals surface area contributed by atoms with Gasteiger partial charge in [-0.15, -0.1) is 34.4 Å². The molecule has 0 bridgehead atoms. The van der Waals surface area contributed by atoms with E-state index in [-0.39, 0.29) is 26.7 Å². The van der Waals surface area contributed by atoms with Gasteiger partial charge in [0.05, 0.1) is 47.5 Å². The van der Waals surface area contributed by atoms with Gasteiger partial charge in [0.15, 0.2) is 5.13 Å². The molecule has 0 aliphatic carbocycles. The lowest BCUT2D eigenvalue weighted by Gasteiger charge is -2.14. The summed E-state index contributed by atoms with van der Waals surface area (Å²) in [6.07, 6.45) is 0. The van der Waals surface area contributed by atoms with Gasteiger partial charge in [-0.3, -0.25) is 9.59 Å². The molecule has 0 fully saturated rings. The third kappa shape index (κ3) is 6.40. The molecule has 190 valence electrons. The van der Waals surface area contributed by atoms with Crippen molar-refractivity contribution in [3.63, 3.8) is 0 Å². The fourth-order valence-corrected chi connectivity index (χ4v) is 6.34. The summed E-state index contributed by atoms with van der Waals surface area (Å²) in [5, 5.41) is 18.0. The topological polar surface area (TPSA) is 108 Å². The number of carboxylic acid groups (broad SMARTS) is 1. The Balaban J connectivity index is 1.42. The lowest BCUT2D eigenvalue weighted by atomic mass is 10.1. The Labute approximate surface area is 242 Å². The lowest BCUT2D eigenvalue weighted by molar-refractivity contribution is -0.113. The van der Waals surface area contributed by atoms with E-state index in [0.29, 0.717) is 15.7 Å². The predicted molar refractivity (Wildman–Crippen MR) is 153 cm³/mol. The molecule has 37 heavy (non-hydrogen) atoms. The van der Waals surface area contributed by atoms with Crippen LogP contribution in [0.5, 0.6) is 0 Å². The second-order valence-corrected chi connectivity index (χ2v) is 11.5. The number of aromatic nitrogens is 1. The van der Waals surface area contributed by atoms with E-state index in [4.69, 9.17) is 46.4 Å². The normalized spacial score (nSPS) is 10.8. The van der Waals surface area contributed by atoms with E-state index < -0.39 is 28.0 Å². The number of thiazole rings is 1. The van der Waals surface area contributed by atoms with Crippen LogP contribution in [-0.2, 0) is 4.79 Å². The van der Waals surface area contributed by atoms with Gasteiger partial charge in [0, 0.05) is 16.0 Å². The minimum absolute atomic E-state index is 0.0999. The summed E-state index contributed by atoms with van der Waals surface area (Å²) in [6.45, 7) is 0. The fraction of sp³-hybridized carbons (Fsp3) is 0.0435. The zero-order valence-electron chi connectivity index (χ0n) is 18.2. The summed E-state index contributed by atoms with van der Waals surface area (Å²) < 4.78 is 0. The van der Waals surface area contributed by atoms with Crippen molar-refractivity contribution in [1.82, 2.24) is 4.98 Å². The van der Waals surface area contributed by atoms with Crippen molar-refractivity contribution in [2.45, 2.75) is 4.90 Å². The highest BCUT2D eigenvalue weighted by Gasteiger charge is 2.29. The molecule has 4 rings (SSSR count). The second kappa shape index (κ2) is 12.0. The molecule has 0 radical (unpaired) electrons. The number of carboxylic acids is 1. The fourth-order valence-electron chi connectivity index (χ4n) is 3.08. The number of nitrogens with zero attached hydrogens (tertiary/aromatic N) is 1. The van der Waals surface area contributed by atoms with Gasteiger partial charge in [-0.05, 0) is 29.6 Å². The van der Waals surface area contributed by atoms with Gasteiger partial charge in [-0.25, -0.2) is 9.78 Å². The average molecular weight is 633 g/mol. The molecular weight excluding hydrogens is 620 g/mol. The number of rotatable bonds is 8. The van der Waals surface area contributed by atoms with Crippen molar-refractivity contribution in [3.8, 4) is 10.6 Å². The molecule has 2 heterocycles. The van der Waals surface area contributed by atoms with Crippen molar-refractivity contribution >= 4 is 109 Å². The van der Waals surface area contributed by atoms with Crippen LogP contribution in [0.1, 0.15) is 20.7 Å². The molecule has 0 aliphatic heterocycles. The number of carbonyl (C=O) groups excluding carboxylic acids is 2. The molecule has 0 spiro atoms. The second-order valence-electron chi connectivity index (χ2n) is 7.15. The summed E-state index contributed by atoms with van der Waals surface area (Å²) in [5.74, 6) is -2.47. The predicted octanol–water partition coefficient (Wildman–Crippen LogP) is 8.17. The first-order valence-corrected chi connectivity index (χ1v) is 14.3. The number of amides is 2. The number of hydrogen-bond donors (Lipinski definition) is 3. The van der Waals surface area contributed by atoms with E-state index in [1.807, 2.05) is 22.9 Å². The highest BCUT2D eigenvalue weighted by Crippen LogP contribution is 2.42. The summed E-state index contributed by atoms with van der Waals surface area (Å²) in [6, 6.07) is 10.5. The lowest BCUT2D eigenvalue weighted by Crippen LogP contribution is -2.18. The monoisotopic (exact) mass is 631 g/mol. The Hall–Kier alpha value is -2.31. The number of thioether (sulfide) groups is 1. The van der Waals surface area contributed by atoms with Crippen LogP contribution in [0, 0.1) is 0 Å². The van der Waals surface area contributed by atoms with Crippen molar-refractivity contribution < 1.29 is 19.5 Å². The van der Waals surface area contributed by atoms with Crippen molar-refractivity contribution in [1.29, 1.82) is 0 Å². The number of thiophene rings is 1. The number of hydrogen-bond acceptors (Lipinski definition) is 7. The zero-order chi connectivity index (χ0) is 26.7. The van der Waals surface area contributed by atoms with Crippen LogP contribution in [0.15, 0.2) is 52.1 Å². The van der Waals surface area contributed by atoms with Crippen molar-refractivity contribution in [3.05, 3.63) is 78.4 Å². The summed E-state index contributed by atoms with van der Waals surface area (Å²) in [7, 11) is 0. The first-order chi connectivity index (χ1) is 17.7. The van der Waals surface area contributed by atoms with Crippen molar-refractivity contribution in [2.75, 3.05) is 16.4 Å². The third-order valence-corrected chi connectivity index (χ3v) is 9.14. The molecule has 14 heteroatoms. The van der Waals surface area contributed by atoms with Crippen LogP contribution in [0.3, 0.4) is 0 Å². The maximum absolute atomic E-state index is 12.9. The van der Waals surface area contributed by atoms with Gasteiger partial charge in [-0.1, -0.05) is 58.5 Å². The molecule has 4 aromatic rings. The number of carbonyl (C=O) groups is 3. The quantitative estimate of drug-likeness (QED) is 0.103. The van der Waals surface area contributed by atoms with Crippen LogP contribution in [0.2, 0.25) is 20.1 Å². The summed E-state index contributed by atoms with van der Waals surface area (Å²) in [4.78, 5) is 43.2. The molecule has 7 nitrogen and oxygen atoms in total. The van der Waals surface area contributed by atoms with E-state index in [1.165, 1.54) is 23.1 Å². The zero-order valence-corrected chi connectivity index (χ0v) is 23.7. The highest BCUT2D eigenvalue weighted by atomic mass is 35.5. The Kier molecular flexibility index (Phi) is 9.02. The number of anilines is 2. The van der Waals surface area contributed by atoms with Gasteiger partial charge < -0.3 is 15.7 Å². The minimum Gasteiger partial charge on any atom is -0.478 e. The number of aromatic carboxylic acids is 1. The molecule has 2 aromatic carbocycles. The van der Waals surface area contributed by atoms with Crippen molar-refractivity contribution in [2.24, 2.45) is 0 Å². The first kappa shape index (κ1) is 27.7. The van der Waals surface area contributed by atoms with E-state index >= 15 is 0 Å².